The third kappa shape index (κ3) is 1.57. The molecule has 0 radical (unpaired) electrons. The first-order chi connectivity index (χ1) is 6.33. The summed E-state index contributed by atoms with van der Waals surface area (Å²) in [4.78, 5) is 0. The molecule has 1 atom stereocenters. The molecule has 70 valence electrons. The third-order valence-electron chi connectivity index (χ3n) is 2.38. The third-order valence-corrected chi connectivity index (χ3v) is 2.71. The second-order valence-electron chi connectivity index (χ2n) is 3.17. The molecule has 0 fully saturated rings. The monoisotopic (exact) mass is 197 g/mol. The van der Waals surface area contributed by atoms with E-state index >= 15 is 0 Å². The molecule has 1 N–H and O–H groups in total. The Bertz CT molecular complexity index is 314. The van der Waals surface area contributed by atoms with Crippen molar-refractivity contribution in [2.45, 2.75) is 12.6 Å². The van der Waals surface area contributed by atoms with Gasteiger partial charge in [-0.05, 0) is 24.2 Å². The highest BCUT2D eigenvalue weighted by Crippen LogP contribution is 2.30. The molecule has 1 aliphatic heterocycles. The van der Waals surface area contributed by atoms with Gasteiger partial charge < -0.3 is 10.1 Å². The van der Waals surface area contributed by atoms with Crippen LogP contribution in [0.15, 0.2) is 18.2 Å². The van der Waals surface area contributed by atoms with Crippen LogP contribution in [0, 0.1) is 0 Å². The fraction of sp³-hybridized carbons (Fsp3) is 0.400. The number of ether oxygens (including phenoxy) is 1. The van der Waals surface area contributed by atoms with E-state index in [1.54, 1.807) is 0 Å². The van der Waals surface area contributed by atoms with Crippen molar-refractivity contribution in [1.29, 1.82) is 0 Å². The summed E-state index contributed by atoms with van der Waals surface area (Å²) >= 11 is 6.12. The van der Waals surface area contributed by atoms with Crippen LogP contribution in [0.2, 0.25) is 5.02 Å². The molecule has 0 aromatic heterocycles. The quantitative estimate of drug-likeness (QED) is 0.745. The summed E-state index contributed by atoms with van der Waals surface area (Å²) < 4.78 is 5.43. The fourth-order valence-electron chi connectivity index (χ4n) is 1.70. The Kier molecular flexibility index (Phi) is 2.54. The smallest absolute Gasteiger partial charge is 0.0721 e. The maximum Gasteiger partial charge on any atom is 0.0721 e. The number of halogens is 1. The Balaban J connectivity index is 2.47. The van der Waals surface area contributed by atoms with Gasteiger partial charge in [0.05, 0.1) is 19.3 Å². The van der Waals surface area contributed by atoms with E-state index in [1.165, 1.54) is 11.1 Å². The van der Waals surface area contributed by atoms with Gasteiger partial charge in [0.1, 0.15) is 0 Å². The maximum absolute atomic E-state index is 6.12. The van der Waals surface area contributed by atoms with Crippen LogP contribution in [-0.2, 0) is 11.3 Å². The van der Waals surface area contributed by atoms with E-state index in [1.807, 2.05) is 19.2 Å². The van der Waals surface area contributed by atoms with Crippen molar-refractivity contribution in [2.75, 3.05) is 13.7 Å². The molecular formula is C10H12ClNO. The zero-order chi connectivity index (χ0) is 9.26. The van der Waals surface area contributed by atoms with Crippen LogP contribution in [0.25, 0.3) is 0 Å². The Morgan fingerprint density at radius 2 is 2.38 bits per heavy atom. The van der Waals surface area contributed by atoms with Gasteiger partial charge in [0.15, 0.2) is 0 Å². The zero-order valence-corrected chi connectivity index (χ0v) is 8.27. The van der Waals surface area contributed by atoms with E-state index in [-0.39, 0.29) is 6.04 Å². The van der Waals surface area contributed by atoms with Gasteiger partial charge in [-0.15, -0.1) is 0 Å². The highest BCUT2D eigenvalue weighted by Gasteiger charge is 2.21. The van der Waals surface area contributed by atoms with Crippen LogP contribution >= 0.6 is 11.6 Å². The van der Waals surface area contributed by atoms with Gasteiger partial charge in [-0.2, -0.15) is 0 Å². The highest BCUT2D eigenvalue weighted by atomic mass is 35.5. The minimum Gasteiger partial charge on any atom is -0.375 e. The van der Waals surface area contributed by atoms with E-state index in [0.717, 1.165) is 5.02 Å². The number of benzene rings is 1. The Hall–Kier alpha value is -0.570. The minimum atomic E-state index is 0.234. The van der Waals surface area contributed by atoms with Gasteiger partial charge in [0.25, 0.3) is 0 Å². The molecule has 1 aromatic rings. The van der Waals surface area contributed by atoms with Crippen molar-refractivity contribution < 1.29 is 4.74 Å². The summed E-state index contributed by atoms with van der Waals surface area (Å²) in [7, 11) is 1.92. The van der Waals surface area contributed by atoms with Gasteiger partial charge in [-0.25, -0.2) is 0 Å². The highest BCUT2D eigenvalue weighted by molar-refractivity contribution is 6.31. The predicted octanol–water partition coefficient (Wildman–Crippen LogP) is 2.13. The lowest BCUT2D eigenvalue weighted by molar-refractivity contribution is 0.0845. The van der Waals surface area contributed by atoms with Crippen LogP contribution in [0.1, 0.15) is 17.2 Å². The Morgan fingerprint density at radius 3 is 3.15 bits per heavy atom. The molecule has 1 unspecified atom stereocenters. The minimum absolute atomic E-state index is 0.234. The van der Waals surface area contributed by atoms with E-state index < -0.39 is 0 Å². The first-order valence-corrected chi connectivity index (χ1v) is 4.73. The standard InChI is InChI=1S/C10H12ClNO/c1-12-9-6-13-5-7-3-2-4-8(11)10(7)9/h2-4,9,12H,5-6H2,1H3. The van der Waals surface area contributed by atoms with Crippen molar-refractivity contribution in [3.63, 3.8) is 0 Å². The topological polar surface area (TPSA) is 21.3 Å². The molecule has 2 rings (SSSR count). The first-order valence-electron chi connectivity index (χ1n) is 4.35. The summed E-state index contributed by atoms with van der Waals surface area (Å²) in [6, 6.07) is 6.18. The molecule has 13 heavy (non-hydrogen) atoms. The van der Waals surface area contributed by atoms with E-state index in [4.69, 9.17) is 16.3 Å². The second kappa shape index (κ2) is 3.66. The molecule has 0 saturated carbocycles. The predicted molar refractivity (Wildman–Crippen MR) is 52.9 cm³/mol. The molecule has 1 aromatic carbocycles. The summed E-state index contributed by atoms with van der Waals surface area (Å²) in [5.74, 6) is 0. The SMILES string of the molecule is CNC1COCc2cccc(Cl)c21. The lowest BCUT2D eigenvalue weighted by Gasteiger charge is -2.26. The lowest BCUT2D eigenvalue weighted by Crippen LogP contribution is -2.27. The van der Waals surface area contributed by atoms with Crippen molar-refractivity contribution in [2.24, 2.45) is 0 Å². The van der Waals surface area contributed by atoms with Gasteiger partial charge in [0, 0.05) is 5.02 Å². The molecule has 0 saturated heterocycles. The number of hydrogen-bond acceptors (Lipinski definition) is 2. The van der Waals surface area contributed by atoms with Crippen molar-refractivity contribution in [1.82, 2.24) is 5.32 Å². The van der Waals surface area contributed by atoms with Crippen LogP contribution in [0.4, 0.5) is 0 Å². The van der Waals surface area contributed by atoms with Crippen LogP contribution < -0.4 is 5.32 Å². The molecule has 0 aliphatic carbocycles. The maximum atomic E-state index is 6.12. The normalized spacial score (nSPS) is 21.2. The van der Waals surface area contributed by atoms with E-state index in [2.05, 4.69) is 11.4 Å². The van der Waals surface area contributed by atoms with Crippen molar-refractivity contribution in [3.8, 4) is 0 Å². The van der Waals surface area contributed by atoms with Gasteiger partial charge >= 0.3 is 0 Å². The van der Waals surface area contributed by atoms with Crippen LogP contribution in [0.5, 0.6) is 0 Å². The molecule has 1 heterocycles. The summed E-state index contributed by atoms with van der Waals surface area (Å²) in [5, 5.41) is 4.02. The van der Waals surface area contributed by atoms with Gasteiger partial charge in [-0.3, -0.25) is 0 Å². The first kappa shape index (κ1) is 9.00. The number of nitrogens with one attached hydrogen (secondary N) is 1. The van der Waals surface area contributed by atoms with E-state index in [0.29, 0.717) is 13.2 Å². The lowest BCUT2D eigenvalue weighted by atomic mass is 9.99. The second-order valence-corrected chi connectivity index (χ2v) is 3.58. The summed E-state index contributed by atoms with van der Waals surface area (Å²) in [6.45, 7) is 1.38. The zero-order valence-electron chi connectivity index (χ0n) is 7.51. The Morgan fingerprint density at radius 1 is 1.54 bits per heavy atom. The van der Waals surface area contributed by atoms with Crippen LogP contribution in [0.3, 0.4) is 0 Å². The molecule has 0 amide bonds. The summed E-state index contributed by atoms with van der Waals surface area (Å²) in [5.41, 5.74) is 2.39. The average molecular weight is 198 g/mol. The van der Waals surface area contributed by atoms with E-state index in [9.17, 15) is 0 Å². The Labute approximate surface area is 82.9 Å². The van der Waals surface area contributed by atoms with Gasteiger partial charge in [0.2, 0.25) is 0 Å². The summed E-state index contributed by atoms with van der Waals surface area (Å²) in [6.07, 6.45) is 0. The van der Waals surface area contributed by atoms with Crippen LogP contribution in [-0.4, -0.2) is 13.7 Å². The van der Waals surface area contributed by atoms with Crippen molar-refractivity contribution >= 4 is 11.6 Å². The number of hydrogen-bond donors (Lipinski definition) is 1. The molecule has 2 nitrogen and oxygen atoms in total. The molecule has 0 bridgehead atoms. The number of likely N-dealkylation sites (N-methyl/N-ethyl adjacent to an activating group) is 1. The molecule has 3 heteroatoms. The average Bonchev–Trinajstić information content (AvgIpc) is 2.17. The molecule has 0 spiro atoms. The van der Waals surface area contributed by atoms with Crippen molar-refractivity contribution in [3.05, 3.63) is 34.3 Å². The number of rotatable bonds is 1. The fourth-order valence-corrected chi connectivity index (χ4v) is 2.02. The molecular weight excluding hydrogens is 186 g/mol. The molecule has 1 aliphatic rings. The van der Waals surface area contributed by atoms with Gasteiger partial charge in [-0.1, -0.05) is 23.7 Å². The number of fused-ring (bicyclic) bond motifs is 1. The largest absolute Gasteiger partial charge is 0.375 e.